The van der Waals surface area contributed by atoms with Crippen molar-refractivity contribution in [3.8, 4) is 5.75 Å². The van der Waals surface area contributed by atoms with E-state index in [9.17, 15) is 22.8 Å². The van der Waals surface area contributed by atoms with E-state index in [1.54, 1.807) is 12.1 Å². The predicted molar refractivity (Wildman–Crippen MR) is 108 cm³/mol. The molecule has 0 bridgehead atoms. The lowest BCUT2D eigenvalue weighted by atomic mass is 10.1. The molecule has 0 radical (unpaired) electrons. The van der Waals surface area contributed by atoms with Gasteiger partial charge < -0.3 is 14.8 Å². The topological polar surface area (TPSA) is 82.4 Å². The minimum absolute atomic E-state index is 0.0537. The van der Waals surface area contributed by atoms with Gasteiger partial charge >= 0.3 is 6.18 Å². The van der Waals surface area contributed by atoms with E-state index in [2.05, 4.69) is 10.3 Å². The Labute approximate surface area is 175 Å². The van der Waals surface area contributed by atoms with Gasteiger partial charge in [0.1, 0.15) is 18.9 Å². The third-order valence-corrected chi connectivity index (χ3v) is 4.42. The number of benzene rings is 2. The van der Waals surface area contributed by atoms with E-state index < -0.39 is 29.8 Å². The average molecular weight is 435 g/mol. The molecule has 1 heterocycles. The Hall–Kier alpha value is -3.40. The van der Waals surface area contributed by atoms with Gasteiger partial charge in [-0.25, -0.2) is 4.98 Å². The molecule has 1 aromatic heterocycles. The third-order valence-electron chi connectivity index (χ3n) is 4.42. The quantitative estimate of drug-likeness (QED) is 0.576. The van der Waals surface area contributed by atoms with Crippen LogP contribution in [0.1, 0.15) is 11.1 Å². The molecule has 3 rings (SSSR count). The van der Waals surface area contributed by atoms with Gasteiger partial charge in [0.25, 0.3) is 5.56 Å². The van der Waals surface area contributed by atoms with E-state index in [0.717, 1.165) is 28.3 Å². The van der Waals surface area contributed by atoms with Gasteiger partial charge in [0.15, 0.2) is 0 Å². The van der Waals surface area contributed by atoms with Crippen molar-refractivity contribution in [1.82, 2.24) is 9.55 Å². The number of hydrogen-bond donors (Lipinski definition) is 1. The zero-order chi connectivity index (χ0) is 22.6. The molecule has 3 aromatic rings. The van der Waals surface area contributed by atoms with Crippen molar-refractivity contribution in [2.24, 2.45) is 0 Å². The molecule has 2 aromatic carbocycles. The number of aromatic nitrogens is 2. The monoisotopic (exact) mass is 435 g/mol. The van der Waals surface area contributed by atoms with Crippen molar-refractivity contribution in [2.75, 3.05) is 25.6 Å². The largest absolute Gasteiger partial charge is 0.489 e. The highest BCUT2D eigenvalue weighted by atomic mass is 19.4. The highest BCUT2D eigenvalue weighted by Gasteiger charge is 2.31. The van der Waals surface area contributed by atoms with Crippen molar-refractivity contribution in [3.05, 3.63) is 64.2 Å². The van der Waals surface area contributed by atoms with Crippen LogP contribution in [0.4, 0.5) is 18.9 Å². The number of nitrogens with zero attached hydrogens (tertiary/aromatic N) is 2. The smallest absolute Gasteiger partial charge is 0.416 e. The van der Waals surface area contributed by atoms with E-state index in [-0.39, 0.29) is 24.7 Å². The molecule has 0 aliphatic heterocycles. The van der Waals surface area contributed by atoms with Gasteiger partial charge in [-0.1, -0.05) is 11.6 Å². The van der Waals surface area contributed by atoms with Crippen LogP contribution in [0.25, 0.3) is 10.9 Å². The van der Waals surface area contributed by atoms with Crippen molar-refractivity contribution in [1.29, 1.82) is 0 Å². The number of carbonyl (C=O) groups is 1. The summed E-state index contributed by atoms with van der Waals surface area (Å²) in [6, 6.07) is 7.93. The zero-order valence-electron chi connectivity index (χ0n) is 16.8. The lowest BCUT2D eigenvalue weighted by Crippen LogP contribution is -2.28. The molecule has 0 aliphatic carbocycles. The second-order valence-electron chi connectivity index (χ2n) is 6.80. The first-order chi connectivity index (χ1) is 14.7. The summed E-state index contributed by atoms with van der Waals surface area (Å²) in [5.74, 6) is -0.648. The number of aryl methyl sites for hydroxylation is 1. The molecule has 1 N–H and O–H groups in total. The van der Waals surface area contributed by atoms with Crippen LogP contribution in [0, 0.1) is 6.92 Å². The van der Waals surface area contributed by atoms with E-state index >= 15 is 0 Å². The number of amides is 1. The maximum absolute atomic E-state index is 13.1. The minimum atomic E-state index is -4.60. The summed E-state index contributed by atoms with van der Waals surface area (Å²) in [4.78, 5) is 29.3. The maximum atomic E-state index is 13.1. The summed E-state index contributed by atoms with van der Waals surface area (Å²) in [6.45, 7) is 1.69. The number of rotatable bonds is 7. The molecule has 0 aliphatic rings. The molecule has 0 fully saturated rings. The fraction of sp³-hybridized carbons (Fsp3) is 0.286. The molecule has 0 unspecified atom stereocenters. The van der Waals surface area contributed by atoms with Crippen molar-refractivity contribution >= 4 is 22.5 Å². The molecule has 1 amide bonds. The molecule has 10 heteroatoms. The molecule has 164 valence electrons. The summed E-state index contributed by atoms with van der Waals surface area (Å²) < 4.78 is 50.6. The molecule has 0 spiro atoms. The van der Waals surface area contributed by atoms with E-state index in [1.807, 2.05) is 13.0 Å². The highest BCUT2D eigenvalue weighted by molar-refractivity contribution is 5.92. The molecule has 0 saturated carbocycles. The first-order valence-electron chi connectivity index (χ1n) is 9.27. The van der Waals surface area contributed by atoms with Crippen molar-refractivity contribution in [2.45, 2.75) is 19.6 Å². The number of alkyl halides is 3. The van der Waals surface area contributed by atoms with Crippen molar-refractivity contribution in [3.63, 3.8) is 0 Å². The average Bonchev–Trinajstić information content (AvgIpc) is 2.71. The Morgan fingerprint density at radius 1 is 1.16 bits per heavy atom. The number of ether oxygens (including phenoxy) is 2. The van der Waals surface area contributed by atoms with Gasteiger partial charge in [0.05, 0.1) is 35.1 Å². The van der Waals surface area contributed by atoms with Gasteiger partial charge in [0.2, 0.25) is 5.91 Å². The molecule has 7 nitrogen and oxygen atoms in total. The second-order valence-corrected chi connectivity index (χ2v) is 6.80. The molecule has 0 atom stereocenters. The number of fused-ring (bicyclic) bond motifs is 1. The summed E-state index contributed by atoms with van der Waals surface area (Å²) in [5, 5.41) is 2.74. The van der Waals surface area contributed by atoms with Gasteiger partial charge in [-0.3, -0.25) is 14.2 Å². The van der Waals surface area contributed by atoms with Crippen LogP contribution >= 0.6 is 0 Å². The van der Waals surface area contributed by atoms with Crippen LogP contribution in [-0.4, -0.2) is 35.8 Å². The number of hydrogen-bond acceptors (Lipinski definition) is 5. The number of carbonyl (C=O) groups excluding carboxylic acids is 1. The van der Waals surface area contributed by atoms with Gasteiger partial charge in [0, 0.05) is 7.11 Å². The highest BCUT2D eigenvalue weighted by Crippen LogP contribution is 2.35. The van der Waals surface area contributed by atoms with Gasteiger partial charge in [-0.05, 0) is 37.3 Å². The molecule has 0 saturated heterocycles. The van der Waals surface area contributed by atoms with Crippen LogP contribution in [0.5, 0.6) is 5.75 Å². The fourth-order valence-corrected chi connectivity index (χ4v) is 2.89. The standard InChI is InChI=1S/C21H20F3N3O4/c1-13-3-5-16-15(9-13)20(29)27(12-25-16)11-19(28)26-17-10-14(21(22,23)24)4-6-18(17)31-8-7-30-2/h3-6,9-10,12H,7-8,11H2,1-2H3,(H,26,28). The summed E-state index contributed by atoms with van der Waals surface area (Å²) >= 11 is 0. The first kappa shape index (κ1) is 22.3. The van der Waals surface area contributed by atoms with Crippen LogP contribution in [0.3, 0.4) is 0 Å². The van der Waals surface area contributed by atoms with Crippen molar-refractivity contribution < 1.29 is 27.4 Å². The Morgan fingerprint density at radius 2 is 1.94 bits per heavy atom. The lowest BCUT2D eigenvalue weighted by molar-refractivity contribution is -0.137. The number of methoxy groups -OCH3 is 1. The Balaban J connectivity index is 1.85. The van der Waals surface area contributed by atoms with E-state index in [1.165, 1.54) is 13.4 Å². The van der Waals surface area contributed by atoms with Gasteiger partial charge in [-0.15, -0.1) is 0 Å². The number of anilines is 1. The Bertz CT molecular complexity index is 1160. The van der Waals surface area contributed by atoms with E-state index in [0.29, 0.717) is 10.9 Å². The van der Waals surface area contributed by atoms with E-state index in [4.69, 9.17) is 9.47 Å². The number of nitrogens with one attached hydrogen (secondary N) is 1. The minimum Gasteiger partial charge on any atom is -0.489 e. The third kappa shape index (κ3) is 5.40. The van der Waals surface area contributed by atoms with Crippen LogP contribution in [0.15, 0.2) is 47.5 Å². The summed E-state index contributed by atoms with van der Waals surface area (Å²) in [7, 11) is 1.45. The SMILES string of the molecule is COCCOc1ccc(C(F)(F)F)cc1NC(=O)Cn1cnc2ccc(C)cc2c1=O. The maximum Gasteiger partial charge on any atom is 0.416 e. The van der Waals surface area contributed by atoms with Gasteiger partial charge in [-0.2, -0.15) is 13.2 Å². The Morgan fingerprint density at radius 3 is 2.65 bits per heavy atom. The lowest BCUT2D eigenvalue weighted by Gasteiger charge is -2.15. The van der Waals surface area contributed by atoms with Crippen LogP contribution in [-0.2, 0) is 22.3 Å². The Kier molecular flexibility index (Phi) is 6.59. The molecular weight excluding hydrogens is 415 g/mol. The van der Waals surface area contributed by atoms with Crippen LogP contribution in [0.2, 0.25) is 0 Å². The molecular formula is C21H20F3N3O4. The number of halogens is 3. The fourth-order valence-electron chi connectivity index (χ4n) is 2.89. The zero-order valence-corrected chi connectivity index (χ0v) is 16.8. The molecule has 31 heavy (non-hydrogen) atoms. The predicted octanol–water partition coefficient (Wildman–Crippen LogP) is 3.39. The summed E-state index contributed by atoms with van der Waals surface area (Å²) in [5.41, 5.74) is -0.186. The normalized spacial score (nSPS) is 11.5. The second kappa shape index (κ2) is 9.17. The first-order valence-corrected chi connectivity index (χ1v) is 9.27. The summed E-state index contributed by atoms with van der Waals surface area (Å²) in [6.07, 6.45) is -3.37. The van der Waals surface area contributed by atoms with Crippen LogP contribution < -0.4 is 15.6 Å².